The Bertz CT molecular complexity index is 184. The number of aromatic amines is 1. The van der Waals surface area contributed by atoms with E-state index < -0.39 is 5.60 Å². The quantitative estimate of drug-likeness (QED) is 0.637. The van der Waals surface area contributed by atoms with Crippen LogP contribution in [0.15, 0.2) is 18.5 Å². The van der Waals surface area contributed by atoms with Crippen molar-refractivity contribution in [1.29, 1.82) is 0 Å². The van der Waals surface area contributed by atoms with Crippen LogP contribution in [0.2, 0.25) is 0 Å². The SMILES string of the molecule is CC(C)(O)Cc1cc[nH]c1. The summed E-state index contributed by atoms with van der Waals surface area (Å²) in [6.07, 6.45) is 4.47. The minimum absolute atomic E-state index is 0.595. The highest BCUT2D eigenvalue weighted by molar-refractivity contribution is 5.10. The fraction of sp³-hybridized carbons (Fsp3) is 0.500. The zero-order chi connectivity index (χ0) is 7.61. The number of hydrogen-bond donors (Lipinski definition) is 2. The van der Waals surface area contributed by atoms with E-state index in [9.17, 15) is 5.11 Å². The van der Waals surface area contributed by atoms with Gasteiger partial charge in [-0.3, -0.25) is 0 Å². The molecule has 2 nitrogen and oxygen atoms in total. The molecule has 0 aromatic carbocycles. The third kappa shape index (κ3) is 2.23. The van der Waals surface area contributed by atoms with E-state index >= 15 is 0 Å². The van der Waals surface area contributed by atoms with Gasteiger partial charge in [-0.2, -0.15) is 0 Å². The van der Waals surface area contributed by atoms with Crippen molar-refractivity contribution in [1.82, 2.24) is 4.98 Å². The predicted molar refractivity (Wildman–Crippen MR) is 40.8 cm³/mol. The summed E-state index contributed by atoms with van der Waals surface area (Å²) in [5, 5.41) is 9.38. The lowest BCUT2D eigenvalue weighted by Crippen LogP contribution is -2.21. The minimum atomic E-state index is -0.595. The molecule has 2 N–H and O–H groups in total. The second-order valence-electron chi connectivity index (χ2n) is 3.21. The topological polar surface area (TPSA) is 36.0 Å². The highest BCUT2D eigenvalue weighted by Crippen LogP contribution is 2.10. The number of aromatic nitrogens is 1. The van der Waals surface area contributed by atoms with Gasteiger partial charge in [0.2, 0.25) is 0 Å². The van der Waals surface area contributed by atoms with Crippen molar-refractivity contribution in [3.05, 3.63) is 24.0 Å². The second-order valence-corrected chi connectivity index (χ2v) is 3.21. The Labute approximate surface area is 60.9 Å². The average molecular weight is 139 g/mol. The summed E-state index contributed by atoms with van der Waals surface area (Å²) >= 11 is 0. The maximum Gasteiger partial charge on any atom is 0.0632 e. The second kappa shape index (κ2) is 2.46. The van der Waals surface area contributed by atoms with E-state index in [1.807, 2.05) is 18.5 Å². The van der Waals surface area contributed by atoms with Gasteiger partial charge < -0.3 is 10.1 Å². The number of hydrogen-bond acceptors (Lipinski definition) is 1. The Morgan fingerprint density at radius 3 is 2.70 bits per heavy atom. The molecule has 2 heteroatoms. The lowest BCUT2D eigenvalue weighted by Gasteiger charge is -2.15. The standard InChI is InChI=1S/C8H13NO/c1-8(2,10)5-7-3-4-9-6-7/h3-4,6,9-10H,5H2,1-2H3. The molecule has 0 unspecified atom stereocenters. The number of aliphatic hydroxyl groups is 1. The first-order valence-corrected chi connectivity index (χ1v) is 3.42. The molecule has 0 aliphatic carbocycles. The maximum atomic E-state index is 9.38. The fourth-order valence-corrected chi connectivity index (χ4v) is 0.968. The van der Waals surface area contributed by atoms with Crippen molar-refractivity contribution in [2.75, 3.05) is 0 Å². The first kappa shape index (κ1) is 7.35. The predicted octanol–water partition coefficient (Wildman–Crippen LogP) is 1.33. The van der Waals surface area contributed by atoms with Crippen LogP contribution in [-0.2, 0) is 6.42 Å². The Morgan fingerprint density at radius 2 is 2.30 bits per heavy atom. The van der Waals surface area contributed by atoms with Gasteiger partial charge in [-0.15, -0.1) is 0 Å². The van der Waals surface area contributed by atoms with Gasteiger partial charge in [0.05, 0.1) is 5.60 Å². The van der Waals surface area contributed by atoms with Gasteiger partial charge in [0.1, 0.15) is 0 Å². The van der Waals surface area contributed by atoms with Crippen LogP contribution in [0.3, 0.4) is 0 Å². The van der Waals surface area contributed by atoms with E-state index in [4.69, 9.17) is 0 Å². The molecule has 56 valence electrons. The van der Waals surface area contributed by atoms with Crippen LogP contribution in [0, 0.1) is 0 Å². The molecule has 0 spiro atoms. The van der Waals surface area contributed by atoms with Gasteiger partial charge in [-0.25, -0.2) is 0 Å². The molecule has 1 heterocycles. The molecule has 1 aromatic rings. The summed E-state index contributed by atoms with van der Waals surface area (Å²) < 4.78 is 0. The van der Waals surface area contributed by atoms with Crippen LogP contribution in [0.5, 0.6) is 0 Å². The number of nitrogens with one attached hydrogen (secondary N) is 1. The molecule has 0 aliphatic heterocycles. The molecule has 0 saturated carbocycles. The van der Waals surface area contributed by atoms with Crippen molar-refractivity contribution < 1.29 is 5.11 Å². The van der Waals surface area contributed by atoms with Crippen LogP contribution in [0.1, 0.15) is 19.4 Å². The number of H-pyrrole nitrogens is 1. The molecule has 0 amide bonds. The van der Waals surface area contributed by atoms with Gasteiger partial charge in [0.25, 0.3) is 0 Å². The van der Waals surface area contributed by atoms with Crippen LogP contribution < -0.4 is 0 Å². The Hall–Kier alpha value is -0.760. The van der Waals surface area contributed by atoms with Crippen LogP contribution in [0.25, 0.3) is 0 Å². The summed E-state index contributed by atoms with van der Waals surface area (Å²) in [5.74, 6) is 0. The Balaban J connectivity index is 2.57. The van der Waals surface area contributed by atoms with Gasteiger partial charge in [-0.05, 0) is 25.5 Å². The summed E-state index contributed by atoms with van der Waals surface area (Å²) in [6.45, 7) is 3.61. The first-order chi connectivity index (χ1) is 4.58. The highest BCUT2D eigenvalue weighted by Gasteiger charge is 2.12. The lowest BCUT2D eigenvalue weighted by atomic mass is 10.0. The van der Waals surface area contributed by atoms with E-state index in [1.54, 1.807) is 13.8 Å². The van der Waals surface area contributed by atoms with E-state index in [2.05, 4.69) is 4.98 Å². The highest BCUT2D eigenvalue weighted by atomic mass is 16.3. The largest absolute Gasteiger partial charge is 0.390 e. The smallest absolute Gasteiger partial charge is 0.0632 e. The average Bonchev–Trinajstić information content (AvgIpc) is 2.12. The third-order valence-corrected chi connectivity index (χ3v) is 1.30. The molecule has 0 atom stereocenters. The van der Waals surface area contributed by atoms with Gasteiger partial charge >= 0.3 is 0 Å². The lowest BCUT2D eigenvalue weighted by molar-refractivity contribution is 0.0810. The summed E-state index contributed by atoms with van der Waals surface area (Å²) in [6, 6.07) is 1.97. The van der Waals surface area contributed by atoms with Crippen molar-refractivity contribution in [2.24, 2.45) is 0 Å². The normalized spacial score (nSPS) is 11.9. The summed E-state index contributed by atoms with van der Waals surface area (Å²) in [5.41, 5.74) is 0.551. The molecular formula is C8H13NO. The molecular weight excluding hydrogens is 126 g/mol. The molecule has 0 aliphatic rings. The van der Waals surface area contributed by atoms with E-state index in [-0.39, 0.29) is 0 Å². The molecule has 10 heavy (non-hydrogen) atoms. The van der Waals surface area contributed by atoms with Gasteiger partial charge in [0, 0.05) is 18.8 Å². The molecule has 0 saturated heterocycles. The zero-order valence-corrected chi connectivity index (χ0v) is 6.39. The molecule has 0 radical (unpaired) electrons. The van der Waals surface area contributed by atoms with Crippen LogP contribution >= 0.6 is 0 Å². The van der Waals surface area contributed by atoms with Crippen molar-refractivity contribution >= 4 is 0 Å². The number of rotatable bonds is 2. The fourth-order valence-electron chi connectivity index (χ4n) is 0.968. The summed E-state index contributed by atoms with van der Waals surface area (Å²) in [7, 11) is 0. The summed E-state index contributed by atoms with van der Waals surface area (Å²) in [4.78, 5) is 2.94. The Kier molecular flexibility index (Phi) is 1.81. The van der Waals surface area contributed by atoms with Crippen LogP contribution in [-0.4, -0.2) is 15.7 Å². The minimum Gasteiger partial charge on any atom is -0.390 e. The third-order valence-electron chi connectivity index (χ3n) is 1.30. The van der Waals surface area contributed by atoms with Gasteiger partial charge in [0.15, 0.2) is 0 Å². The Morgan fingerprint density at radius 1 is 1.60 bits per heavy atom. The van der Waals surface area contributed by atoms with E-state index in [1.165, 1.54) is 0 Å². The van der Waals surface area contributed by atoms with Crippen molar-refractivity contribution in [2.45, 2.75) is 25.9 Å². The molecule has 1 aromatic heterocycles. The van der Waals surface area contributed by atoms with Crippen molar-refractivity contribution in [3.8, 4) is 0 Å². The first-order valence-electron chi connectivity index (χ1n) is 3.42. The van der Waals surface area contributed by atoms with E-state index in [0.717, 1.165) is 5.56 Å². The zero-order valence-electron chi connectivity index (χ0n) is 6.39. The van der Waals surface area contributed by atoms with Crippen LogP contribution in [0.4, 0.5) is 0 Å². The monoisotopic (exact) mass is 139 g/mol. The van der Waals surface area contributed by atoms with Crippen molar-refractivity contribution in [3.63, 3.8) is 0 Å². The molecule has 1 rings (SSSR count). The van der Waals surface area contributed by atoms with E-state index in [0.29, 0.717) is 6.42 Å². The maximum absolute atomic E-state index is 9.38. The molecule has 0 fully saturated rings. The van der Waals surface area contributed by atoms with Gasteiger partial charge in [-0.1, -0.05) is 0 Å². The molecule has 0 bridgehead atoms.